The van der Waals surface area contributed by atoms with Gasteiger partial charge in [-0.25, -0.2) is 0 Å². The third-order valence-corrected chi connectivity index (χ3v) is 6.53. The average molecular weight is 369 g/mol. The van der Waals surface area contributed by atoms with Crippen molar-refractivity contribution in [1.29, 1.82) is 0 Å². The molecular formula is C21H23NO3S. The number of likely N-dealkylation sites (tertiary alicyclic amines) is 1. The Morgan fingerprint density at radius 2 is 1.62 bits per heavy atom. The molecule has 0 bridgehead atoms. The van der Waals surface area contributed by atoms with Gasteiger partial charge in [-0.05, 0) is 30.1 Å². The van der Waals surface area contributed by atoms with E-state index >= 15 is 0 Å². The summed E-state index contributed by atoms with van der Waals surface area (Å²) in [4.78, 5) is 26.0. The molecule has 5 heteroatoms. The van der Waals surface area contributed by atoms with Crippen LogP contribution in [-0.4, -0.2) is 33.1 Å². The Hall–Kier alpha value is -2.11. The molecule has 26 heavy (non-hydrogen) atoms. The molecular weight excluding hydrogens is 346 g/mol. The number of hydrogen-bond donors (Lipinski definition) is 0. The van der Waals surface area contributed by atoms with Gasteiger partial charge in [0, 0.05) is 12.0 Å². The second-order valence-electron chi connectivity index (χ2n) is 6.68. The first-order valence-corrected chi connectivity index (χ1v) is 10.2. The van der Waals surface area contributed by atoms with Crippen LogP contribution >= 0.6 is 0 Å². The molecule has 1 aliphatic rings. The minimum absolute atomic E-state index is 0.0100. The van der Waals surface area contributed by atoms with Crippen molar-refractivity contribution in [2.24, 2.45) is 5.92 Å². The number of aryl methyl sites for hydroxylation is 1. The fraction of sp³-hybridized carbons (Fsp3) is 0.333. The third-order valence-electron chi connectivity index (χ3n) is 4.71. The lowest BCUT2D eigenvalue weighted by atomic mass is 9.99. The van der Waals surface area contributed by atoms with Crippen LogP contribution in [0.25, 0.3) is 0 Å². The highest BCUT2D eigenvalue weighted by molar-refractivity contribution is 7.91. The summed E-state index contributed by atoms with van der Waals surface area (Å²) in [6.07, 6.45) is 1.05. The van der Waals surface area contributed by atoms with E-state index in [0.717, 1.165) is 11.1 Å². The van der Waals surface area contributed by atoms with Gasteiger partial charge in [0.05, 0.1) is 6.54 Å². The SMILES string of the molecule is CC1C(=O)N(CC(=O)CCc2ccccc2)C1[S+]([O-])Cc1ccccc1. The molecule has 4 nitrogen and oxygen atoms in total. The van der Waals surface area contributed by atoms with Gasteiger partial charge in [-0.1, -0.05) is 60.7 Å². The smallest absolute Gasteiger partial charge is 0.236 e. The van der Waals surface area contributed by atoms with Crippen molar-refractivity contribution in [3.05, 3.63) is 71.8 Å². The van der Waals surface area contributed by atoms with Crippen molar-refractivity contribution in [3.63, 3.8) is 0 Å². The number of β-lactam (4-membered cyclic amide) rings is 1. The van der Waals surface area contributed by atoms with Gasteiger partial charge in [-0.15, -0.1) is 0 Å². The zero-order valence-electron chi connectivity index (χ0n) is 14.8. The van der Waals surface area contributed by atoms with Crippen LogP contribution < -0.4 is 0 Å². The minimum atomic E-state index is -1.21. The fourth-order valence-corrected chi connectivity index (χ4v) is 4.98. The van der Waals surface area contributed by atoms with Gasteiger partial charge in [0.2, 0.25) is 11.3 Å². The van der Waals surface area contributed by atoms with Crippen molar-refractivity contribution in [1.82, 2.24) is 4.90 Å². The van der Waals surface area contributed by atoms with E-state index < -0.39 is 11.2 Å². The molecule has 0 spiro atoms. The molecule has 1 fully saturated rings. The molecule has 2 aromatic carbocycles. The normalized spacial score (nSPS) is 20.5. The summed E-state index contributed by atoms with van der Waals surface area (Å²) in [5.41, 5.74) is 2.08. The summed E-state index contributed by atoms with van der Waals surface area (Å²) in [6, 6.07) is 19.4. The second-order valence-corrected chi connectivity index (χ2v) is 8.21. The van der Waals surface area contributed by atoms with Gasteiger partial charge in [-0.3, -0.25) is 14.5 Å². The number of rotatable bonds is 8. The largest absolute Gasteiger partial charge is 0.614 e. The molecule has 0 saturated carbocycles. The van der Waals surface area contributed by atoms with Gasteiger partial charge < -0.3 is 4.55 Å². The van der Waals surface area contributed by atoms with Crippen LogP contribution in [0.1, 0.15) is 24.5 Å². The monoisotopic (exact) mass is 369 g/mol. The van der Waals surface area contributed by atoms with Crippen LogP contribution in [0, 0.1) is 5.92 Å². The average Bonchev–Trinajstić information content (AvgIpc) is 2.67. The summed E-state index contributed by atoms with van der Waals surface area (Å²) in [6.45, 7) is 1.85. The molecule has 1 heterocycles. The van der Waals surface area contributed by atoms with E-state index in [9.17, 15) is 14.1 Å². The first-order valence-electron chi connectivity index (χ1n) is 8.83. The number of amides is 1. The Kier molecular flexibility index (Phi) is 6.12. The van der Waals surface area contributed by atoms with Gasteiger partial charge in [0.25, 0.3) is 0 Å². The van der Waals surface area contributed by atoms with Crippen molar-refractivity contribution in [2.75, 3.05) is 6.54 Å². The fourth-order valence-electron chi connectivity index (χ4n) is 3.26. The van der Waals surface area contributed by atoms with Crippen molar-refractivity contribution >= 4 is 22.9 Å². The van der Waals surface area contributed by atoms with Gasteiger partial charge in [-0.2, -0.15) is 0 Å². The van der Waals surface area contributed by atoms with E-state index in [1.54, 1.807) is 6.92 Å². The van der Waals surface area contributed by atoms with Crippen molar-refractivity contribution in [2.45, 2.75) is 30.9 Å². The molecule has 3 unspecified atom stereocenters. The van der Waals surface area contributed by atoms with Crippen molar-refractivity contribution in [3.8, 4) is 0 Å². The highest BCUT2D eigenvalue weighted by Gasteiger charge is 2.52. The number of Topliss-reactive ketones (excluding diaryl/α,β-unsaturated/α-hetero) is 1. The molecule has 3 rings (SSSR count). The van der Waals surface area contributed by atoms with E-state index in [0.29, 0.717) is 18.6 Å². The number of carbonyl (C=O) groups excluding carboxylic acids is 2. The molecule has 1 saturated heterocycles. The molecule has 136 valence electrons. The van der Waals surface area contributed by atoms with Crippen LogP contribution in [0.2, 0.25) is 0 Å². The predicted octanol–water partition coefficient (Wildman–Crippen LogP) is 2.94. The molecule has 2 aromatic rings. The number of nitrogens with zero attached hydrogens (tertiary/aromatic N) is 1. The number of benzene rings is 2. The van der Waals surface area contributed by atoms with Crippen LogP contribution in [-0.2, 0) is 32.9 Å². The molecule has 3 atom stereocenters. The van der Waals surface area contributed by atoms with E-state index in [1.807, 2.05) is 60.7 Å². The van der Waals surface area contributed by atoms with Crippen LogP contribution in [0.5, 0.6) is 0 Å². The Balaban J connectivity index is 1.55. The number of hydrogen-bond acceptors (Lipinski definition) is 3. The zero-order chi connectivity index (χ0) is 18.5. The number of carbonyl (C=O) groups is 2. The second kappa shape index (κ2) is 8.52. The topological polar surface area (TPSA) is 60.4 Å². The maximum atomic E-state index is 12.7. The minimum Gasteiger partial charge on any atom is -0.614 e. The molecule has 0 radical (unpaired) electrons. The lowest BCUT2D eigenvalue weighted by Crippen LogP contribution is -2.64. The molecule has 0 aliphatic carbocycles. The Labute approximate surface area is 157 Å². The third kappa shape index (κ3) is 4.34. The van der Waals surface area contributed by atoms with Gasteiger partial charge >= 0.3 is 0 Å². The summed E-state index contributed by atoms with van der Waals surface area (Å²) in [5, 5.41) is -0.372. The van der Waals surface area contributed by atoms with Crippen LogP contribution in [0.4, 0.5) is 0 Å². The lowest BCUT2D eigenvalue weighted by Gasteiger charge is -2.44. The number of ketones is 1. The quantitative estimate of drug-likeness (QED) is 0.531. The molecule has 1 amide bonds. The van der Waals surface area contributed by atoms with Crippen LogP contribution in [0.3, 0.4) is 0 Å². The zero-order valence-corrected chi connectivity index (χ0v) is 15.7. The van der Waals surface area contributed by atoms with E-state index in [4.69, 9.17) is 0 Å². The first kappa shape index (κ1) is 18.7. The van der Waals surface area contributed by atoms with Gasteiger partial charge in [0.1, 0.15) is 11.7 Å². The Bertz CT molecular complexity index is 750. The van der Waals surface area contributed by atoms with E-state index in [1.165, 1.54) is 4.90 Å². The standard InChI is InChI=1S/C21H23NO3S/c1-16-20(24)22(14-19(23)13-12-17-8-4-2-5-9-17)21(16)26(25)15-18-10-6-3-7-11-18/h2-11,16,21H,12-15H2,1H3. The highest BCUT2D eigenvalue weighted by Crippen LogP contribution is 2.32. The summed E-state index contributed by atoms with van der Waals surface area (Å²) < 4.78 is 12.7. The molecule has 1 aliphatic heterocycles. The Morgan fingerprint density at radius 3 is 2.23 bits per heavy atom. The predicted molar refractivity (Wildman–Crippen MR) is 103 cm³/mol. The first-order chi connectivity index (χ1) is 12.6. The maximum Gasteiger partial charge on any atom is 0.236 e. The maximum absolute atomic E-state index is 12.7. The van der Waals surface area contributed by atoms with E-state index in [2.05, 4.69) is 0 Å². The van der Waals surface area contributed by atoms with Gasteiger partial charge in [0.15, 0.2) is 5.78 Å². The van der Waals surface area contributed by atoms with Crippen LogP contribution in [0.15, 0.2) is 60.7 Å². The Morgan fingerprint density at radius 1 is 1.04 bits per heavy atom. The summed E-state index contributed by atoms with van der Waals surface area (Å²) >= 11 is -1.21. The lowest BCUT2D eigenvalue weighted by molar-refractivity contribution is -0.152. The molecule has 0 N–H and O–H groups in total. The molecule has 0 aromatic heterocycles. The highest BCUT2D eigenvalue weighted by atomic mass is 32.2. The summed E-state index contributed by atoms with van der Waals surface area (Å²) in [7, 11) is 0. The van der Waals surface area contributed by atoms with Crippen molar-refractivity contribution < 1.29 is 14.1 Å². The van der Waals surface area contributed by atoms with E-state index in [-0.39, 0.29) is 29.5 Å². The summed E-state index contributed by atoms with van der Waals surface area (Å²) in [5.74, 6) is 0.0411.